The monoisotopic (exact) mass is 947 g/mol. The van der Waals surface area contributed by atoms with Crippen LogP contribution in [0.25, 0.3) is 0 Å². The number of carbonyl (C=O) groups excluding carboxylic acids is 3. The molecule has 67 heavy (non-hydrogen) atoms. The zero-order valence-electron chi connectivity index (χ0n) is 45.9. The molecule has 0 aromatic rings. The molecule has 0 aliphatic rings. The van der Waals surface area contributed by atoms with Crippen molar-refractivity contribution in [1.82, 2.24) is 0 Å². The van der Waals surface area contributed by atoms with E-state index in [0.717, 1.165) is 63.7 Å². The summed E-state index contributed by atoms with van der Waals surface area (Å²) in [6, 6.07) is 0. The van der Waals surface area contributed by atoms with Crippen molar-refractivity contribution in [2.45, 2.75) is 355 Å². The molecule has 0 aromatic carbocycles. The Morgan fingerprint density at radius 2 is 0.522 bits per heavy atom. The highest BCUT2D eigenvalue weighted by Crippen LogP contribution is 2.19. The van der Waals surface area contributed by atoms with Gasteiger partial charge >= 0.3 is 17.9 Å². The number of unbranched alkanes of at least 4 members (excludes halogenated alkanes) is 42. The van der Waals surface area contributed by atoms with Gasteiger partial charge in [0.25, 0.3) is 0 Å². The van der Waals surface area contributed by atoms with E-state index in [0.29, 0.717) is 19.3 Å². The van der Waals surface area contributed by atoms with Crippen molar-refractivity contribution in [2.24, 2.45) is 5.92 Å². The Balaban J connectivity index is 4.26. The normalized spacial score (nSPS) is 12.4. The molecule has 0 spiro atoms. The summed E-state index contributed by atoms with van der Waals surface area (Å²) < 4.78 is 16.9. The fraction of sp³-hybridized carbons (Fsp3) is 0.951. The molecule has 0 saturated heterocycles. The Hall–Kier alpha value is -1.59. The summed E-state index contributed by atoms with van der Waals surface area (Å²) in [5.74, 6) is 0.0620. The van der Waals surface area contributed by atoms with E-state index < -0.39 is 6.10 Å². The second-order valence-corrected chi connectivity index (χ2v) is 21.2. The third kappa shape index (κ3) is 53.6. The topological polar surface area (TPSA) is 78.9 Å². The van der Waals surface area contributed by atoms with E-state index in [-0.39, 0.29) is 31.1 Å². The van der Waals surface area contributed by atoms with E-state index in [1.54, 1.807) is 0 Å². The van der Waals surface area contributed by atoms with Crippen molar-refractivity contribution >= 4 is 17.9 Å². The van der Waals surface area contributed by atoms with Gasteiger partial charge in [0, 0.05) is 19.3 Å². The summed E-state index contributed by atoms with van der Waals surface area (Å²) in [6.45, 7) is 9.11. The Morgan fingerprint density at radius 3 is 0.776 bits per heavy atom. The maximum absolute atomic E-state index is 12.9. The van der Waals surface area contributed by atoms with Gasteiger partial charge in [-0.3, -0.25) is 14.4 Å². The zero-order chi connectivity index (χ0) is 48.8. The fourth-order valence-electron chi connectivity index (χ4n) is 9.42. The standard InChI is InChI=1S/C61H118O6/c1-5-8-10-12-14-16-18-20-21-22-23-24-25-29-33-37-41-45-49-53-60(63)66-56-58(55-65-59(62)52-48-44-40-36-32-19-17-15-13-11-9-6-2)67-61(64)54-50-46-42-38-34-30-27-26-28-31-35-39-43-47-51-57(4)7-3/h57-58H,5-56H2,1-4H3/t57?,58-/m0/s1. The molecule has 0 N–H and O–H groups in total. The van der Waals surface area contributed by atoms with Gasteiger partial charge in [0.05, 0.1) is 0 Å². The van der Waals surface area contributed by atoms with Crippen molar-refractivity contribution in [3.63, 3.8) is 0 Å². The summed E-state index contributed by atoms with van der Waals surface area (Å²) in [4.78, 5) is 38.2. The molecule has 0 amide bonds. The van der Waals surface area contributed by atoms with Gasteiger partial charge in [-0.05, 0) is 25.2 Å². The van der Waals surface area contributed by atoms with Crippen LogP contribution < -0.4 is 0 Å². The average Bonchev–Trinajstić information content (AvgIpc) is 3.33. The van der Waals surface area contributed by atoms with Crippen molar-refractivity contribution in [2.75, 3.05) is 13.2 Å². The maximum Gasteiger partial charge on any atom is 0.306 e. The van der Waals surface area contributed by atoms with Crippen LogP contribution in [0.3, 0.4) is 0 Å². The zero-order valence-corrected chi connectivity index (χ0v) is 45.9. The quantitative estimate of drug-likeness (QED) is 0.0343. The molecule has 6 nitrogen and oxygen atoms in total. The van der Waals surface area contributed by atoms with Crippen LogP contribution in [0, 0.1) is 5.92 Å². The molecule has 0 heterocycles. The van der Waals surface area contributed by atoms with Crippen LogP contribution in [0.1, 0.15) is 349 Å². The van der Waals surface area contributed by atoms with Gasteiger partial charge in [-0.25, -0.2) is 0 Å². The fourth-order valence-corrected chi connectivity index (χ4v) is 9.42. The van der Waals surface area contributed by atoms with Crippen LogP contribution in [0.2, 0.25) is 0 Å². The lowest BCUT2D eigenvalue weighted by Crippen LogP contribution is -2.30. The third-order valence-corrected chi connectivity index (χ3v) is 14.4. The molecule has 0 aromatic heterocycles. The minimum atomic E-state index is -0.762. The molecule has 0 aliphatic heterocycles. The summed E-state index contributed by atoms with van der Waals surface area (Å²) >= 11 is 0. The highest BCUT2D eigenvalue weighted by Gasteiger charge is 2.19. The summed E-state index contributed by atoms with van der Waals surface area (Å²) in [5.41, 5.74) is 0. The van der Waals surface area contributed by atoms with Crippen LogP contribution in [0.15, 0.2) is 0 Å². The van der Waals surface area contributed by atoms with Gasteiger partial charge in [-0.15, -0.1) is 0 Å². The number of hydrogen-bond acceptors (Lipinski definition) is 6. The first-order chi connectivity index (χ1) is 32.9. The Kier molecular flexibility index (Phi) is 54.0. The second-order valence-electron chi connectivity index (χ2n) is 21.2. The van der Waals surface area contributed by atoms with Gasteiger partial charge in [-0.1, -0.05) is 310 Å². The predicted molar refractivity (Wildman–Crippen MR) is 289 cm³/mol. The van der Waals surface area contributed by atoms with Crippen molar-refractivity contribution < 1.29 is 28.6 Å². The second kappa shape index (κ2) is 55.3. The van der Waals surface area contributed by atoms with Gasteiger partial charge in [0.2, 0.25) is 0 Å². The van der Waals surface area contributed by atoms with Crippen molar-refractivity contribution in [1.29, 1.82) is 0 Å². The Labute approximate surface area is 418 Å². The molecular formula is C61H118O6. The van der Waals surface area contributed by atoms with Crippen LogP contribution in [0.5, 0.6) is 0 Å². The molecule has 0 rings (SSSR count). The molecule has 0 fully saturated rings. The largest absolute Gasteiger partial charge is 0.462 e. The van der Waals surface area contributed by atoms with E-state index in [1.165, 1.54) is 244 Å². The van der Waals surface area contributed by atoms with E-state index >= 15 is 0 Å². The molecule has 1 unspecified atom stereocenters. The molecule has 2 atom stereocenters. The smallest absolute Gasteiger partial charge is 0.306 e. The van der Waals surface area contributed by atoms with Crippen LogP contribution in [-0.4, -0.2) is 37.2 Å². The molecule has 0 saturated carbocycles. The SMILES string of the molecule is CCCCCCCCCCCCCCCCCCCCCC(=O)OC[C@H](COC(=O)CCCCCCCCCCCCCC)OC(=O)CCCCCCCCCCCCCCCCC(C)CC. The molecule has 6 heteroatoms. The van der Waals surface area contributed by atoms with Gasteiger partial charge < -0.3 is 14.2 Å². The van der Waals surface area contributed by atoms with Crippen LogP contribution in [-0.2, 0) is 28.6 Å². The maximum atomic E-state index is 12.9. The minimum absolute atomic E-state index is 0.0615. The number of esters is 3. The van der Waals surface area contributed by atoms with Crippen molar-refractivity contribution in [3.05, 3.63) is 0 Å². The van der Waals surface area contributed by atoms with Crippen LogP contribution in [0.4, 0.5) is 0 Å². The first kappa shape index (κ1) is 65.4. The van der Waals surface area contributed by atoms with E-state index in [9.17, 15) is 14.4 Å². The third-order valence-electron chi connectivity index (χ3n) is 14.4. The van der Waals surface area contributed by atoms with Gasteiger partial charge in [0.15, 0.2) is 6.10 Å². The molecule has 398 valence electrons. The number of hydrogen-bond donors (Lipinski definition) is 0. The first-order valence-electron chi connectivity index (χ1n) is 30.4. The number of carbonyl (C=O) groups is 3. The molecular weight excluding hydrogens is 829 g/mol. The van der Waals surface area contributed by atoms with Crippen LogP contribution >= 0.6 is 0 Å². The predicted octanol–water partition coefficient (Wildman–Crippen LogP) is 20.2. The highest BCUT2D eigenvalue weighted by molar-refractivity contribution is 5.71. The minimum Gasteiger partial charge on any atom is -0.462 e. The molecule has 0 bridgehead atoms. The van der Waals surface area contributed by atoms with E-state index in [4.69, 9.17) is 14.2 Å². The lowest BCUT2D eigenvalue weighted by Gasteiger charge is -2.18. The van der Waals surface area contributed by atoms with Gasteiger partial charge in [0.1, 0.15) is 13.2 Å². The molecule has 0 aliphatic carbocycles. The Bertz CT molecular complexity index is 1010. The number of ether oxygens (including phenoxy) is 3. The summed E-state index contributed by atoms with van der Waals surface area (Å²) in [6.07, 6.45) is 60.9. The lowest BCUT2D eigenvalue weighted by atomic mass is 9.99. The van der Waals surface area contributed by atoms with E-state index in [1.807, 2.05) is 0 Å². The van der Waals surface area contributed by atoms with Gasteiger partial charge in [-0.2, -0.15) is 0 Å². The summed E-state index contributed by atoms with van der Waals surface area (Å²) in [5, 5.41) is 0. The molecule has 0 radical (unpaired) electrons. The Morgan fingerprint density at radius 1 is 0.299 bits per heavy atom. The average molecular weight is 948 g/mol. The highest BCUT2D eigenvalue weighted by atomic mass is 16.6. The van der Waals surface area contributed by atoms with E-state index in [2.05, 4.69) is 27.7 Å². The number of rotatable bonds is 56. The lowest BCUT2D eigenvalue weighted by molar-refractivity contribution is -0.167. The first-order valence-corrected chi connectivity index (χ1v) is 30.4. The summed E-state index contributed by atoms with van der Waals surface area (Å²) in [7, 11) is 0. The van der Waals surface area contributed by atoms with Crippen molar-refractivity contribution in [3.8, 4) is 0 Å².